The van der Waals surface area contributed by atoms with Gasteiger partial charge < -0.3 is 4.90 Å². The van der Waals surface area contributed by atoms with Gasteiger partial charge in [-0.3, -0.25) is 0 Å². The van der Waals surface area contributed by atoms with E-state index in [1.165, 1.54) is 4.90 Å². The number of sulfonamides is 1. The average molecular weight is 192 g/mol. The summed E-state index contributed by atoms with van der Waals surface area (Å²) in [5.74, 6) is -0.00306. The Bertz CT molecular complexity index is 283. The molecule has 0 spiro atoms. The summed E-state index contributed by atoms with van der Waals surface area (Å²) in [6.07, 6.45) is 0. The molecule has 1 heterocycles. The minimum atomic E-state index is -3.34. The van der Waals surface area contributed by atoms with Crippen LogP contribution in [0.25, 0.3) is 0 Å². The molecule has 5 nitrogen and oxygen atoms in total. The highest BCUT2D eigenvalue weighted by molar-refractivity contribution is 7.90. The summed E-state index contributed by atoms with van der Waals surface area (Å²) in [6, 6.07) is -0.475. The van der Waals surface area contributed by atoms with Gasteiger partial charge in [-0.05, 0) is 13.8 Å². The molecule has 12 heavy (non-hydrogen) atoms. The zero-order valence-corrected chi connectivity index (χ0v) is 7.89. The first kappa shape index (κ1) is 9.31. The number of rotatable bonds is 1. The van der Waals surface area contributed by atoms with Crippen molar-refractivity contribution >= 4 is 16.1 Å². The fraction of sp³-hybridized carbons (Fsp3) is 0.833. The Kier molecular flexibility index (Phi) is 2.27. The summed E-state index contributed by atoms with van der Waals surface area (Å²) >= 11 is 0. The lowest BCUT2D eigenvalue weighted by atomic mass is 10.3. The van der Waals surface area contributed by atoms with Crippen molar-refractivity contribution in [2.75, 3.05) is 12.3 Å². The Morgan fingerprint density at radius 3 is 2.50 bits per heavy atom. The lowest BCUT2D eigenvalue weighted by Crippen LogP contribution is -2.53. The van der Waals surface area contributed by atoms with E-state index in [2.05, 4.69) is 0 Å². The molecular formula is C6H12N2O3S. The Balaban J connectivity index is 2.73. The van der Waals surface area contributed by atoms with Crippen molar-refractivity contribution in [1.29, 1.82) is 0 Å². The molecule has 70 valence electrons. The first-order chi connectivity index (χ1) is 5.42. The van der Waals surface area contributed by atoms with Gasteiger partial charge in [-0.2, -0.15) is 0 Å². The molecule has 0 aliphatic carbocycles. The molecule has 1 fully saturated rings. The van der Waals surface area contributed by atoms with Crippen LogP contribution in [0.4, 0.5) is 4.79 Å². The van der Waals surface area contributed by atoms with Crippen molar-refractivity contribution < 1.29 is 13.2 Å². The van der Waals surface area contributed by atoms with Gasteiger partial charge in [-0.25, -0.2) is 17.9 Å². The molecule has 0 bridgehead atoms. The maximum atomic E-state index is 11.1. The summed E-state index contributed by atoms with van der Waals surface area (Å²) < 4.78 is 23.7. The maximum Gasteiger partial charge on any atom is 0.331 e. The minimum Gasteiger partial charge on any atom is -0.320 e. The number of carbonyl (C=O) groups is 1. The van der Waals surface area contributed by atoms with Gasteiger partial charge in [0.25, 0.3) is 0 Å². The molecule has 0 aromatic rings. The third-order valence-electron chi connectivity index (χ3n) is 1.73. The molecule has 1 aliphatic rings. The SMILES string of the molecule is CC(C)N1CCS(=O)(=O)NC1=O. The standard InChI is InChI=1S/C6H12N2O3S/c1-5(2)8-3-4-12(10,11)7-6(8)9/h5H,3-4H2,1-2H3,(H,7,9). The van der Waals surface area contributed by atoms with Crippen molar-refractivity contribution in [3.8, 4) is 0 Å². The van der Waals surface area contributed by atoms with Crippen LogP contribution in [0.3, 0.4) is 0 Å². The Hall–Kier alpha value is -0.780. The van der Waals surface area contributed by atoms with Crippen LogP contribution in [0.1, 0.15) is 13.8 Å². The van der Waals surface area contributed by atoms with Gasteiger partial charge in [0, 0.05) is 12.6 Å². The Morgan fingerprint density at radius 2 is 2.08 bits per heavy atom. The van der Waals surface area contributed by atoms with Crippen molar-refractivity contribution in [2.24, 2.45) is 0 Å². The monoisotopic (exact) mass is 192 g/mol. The molecule has 6 heteroatoms. The van der Waals surface area contributed by atoms with E-state index < -0.39 is 16.1 Å². The highest BCUT2D eigenvalue weighted by atomic mass is 32.2. The minimum absolute atomic E-state index is 0.00306. The Labute approximate surface area is 71.8 Å². The van der Waals surface area contributed by atoms with Gasteiger partial charge >= 0.3 is 6.03 Å². The molecule has 0 atom stereocenters. The molecular weight excluding hydrogens is 180 g/mol. The van der Waals surface area contributed by atoms with E-state index in [0.29, 0.717) is 0 Å². The van der Waals surface area contributed by atoms with Crippen LogP contribution >= 0.6 is 0 Å². The molecule has 1 aliphatic heterocycles. The number of amides is 2. The highest BCUT2D eigenvalue weighted by Gasteiger charge is 2.28. The number of urea groups is 1. The van der Waals surface area contributed by atoms with Crippen LogP contribution in [-0.4, -0.2) is 37.7 Å². The normalized spacial score (nSPS) is 22.6. The molecule has 2 amide bonds. The maximum absolute atomic E-state index is 11.1. The van der Waals surface area contributed by atoms with E-state index in [4.69, 9.17) is 0 Å². The number of nitrogens with one attached hydrogen (secondary N) is 1. The second-order valence-electron chi connectivity index (χ2n) is 3.01. The van der Waals surface area contributed by atoms with Gasteiger partial charge in [-0.1, -0.05) is 0 Å². The van der Waals surface area contributed by atoms with E-state index in [-0.39, 0.29) is 18.3 Å². The predicted octanol–water partition coefficient (Wildman–Crippen LogP) is -0.250. The molecule has 1 rings (SSSR count). The third kappa shape index (κ3) is 1.88. The zero-order chi connectivity index (χ0) is 9.35. The number of nitrogens with zero attached hydrogens (tertiary/aromatic N) is 1. The van der Waals surface area contributed by atoms with E-state index in [1.54, 1.807) is 0 Å². The van der Waals surface area contributed by atoms with Gasteiger partial charge in [0.15, 0.2) is 0 Å². The van der Waals surface area contributed by atoms with Crippen LogP contribution in [0.2, 0.25) is 0 Å². The first-order valence-corrected chi connectivity index (χ1v) is 5.39. The molecule has 0 radical (unpaired) electrons. The van der Waals surface area contributed by atoms with Crippen LogP contribution in [0.15, 0.2) is 0 Å². The summed E-state index contributed by atoms with van der Waals surface area (Å²) in [4.78, 5) is 12.6. The number of carbonyl (C=O) groups excluding carboxylic acids is 1. The first-order valence-electron chi connectivity index (χ1n) is 3.73. The van der Waals surface area contributed by atoms with Gasteiger partial charge in [0.05, 0.1) is 5.75 Å². The fourth-order valence-electron chi connectivity index (χ4n) is 1.06. The van der Waals surface area contributed by atoms with E-state index in [0.717, 1.165) is 0 Å². The fourth-order valence-corrected chi connectivity index (χ4v) is 1.98. The lowest BCUT2D eigenvalue weighted by Gasteiger charge is -2.30. The van der Waals surface area contributed by atoms with Crippen molar-refractivity contribution in [3.05, 3.63) is 0 Å². The highest BCUT2D eigenvalue weighted by Crippen LogP contribution is 2.05. The van der Waals surface area contributed by atoms with Gasteiger partial charge in [0.1, 0.15) is 0 Å². The smallest absolute Gasteiger partial charge is 0.320 e. The van der Waals surface area contributed by atoms with Gasteiger partial charge in [-0.15, -0.1) is 0 Å². The van der Waals surface area contributed by atoms with Crippen molar-refractivity contribution in [3.63, 3.8) is 0 Å². The van der Waals surface area contributed by atoms with Crippen LogP contribution in [0, 0.1) is 0 Å². The largest absolute Gasteiger partial charge is 0.331 e. The summed E-state index contributed by atoms with van der Waals surface area (Å²) in [6.45, 7) is 3.97. The van der Waals surface area contributed by atoms with E-state index in [9.17, 15) is 13.2 Å². The van der Waals surface area contributed by atoms with E-state index in [1.807, 2.05) is 18.6 Å². The van der Waals surface area contributed by atoms with Crippen molar-refractivity contribution in [1.82, 2.24) is 9.62 Å². The second kappa shape index (κ2) is 2.93. The molecule has 1 N–H and O–H groups in total. The predicted molar refractivity (Wildman–Crippen MR) is 44.2 cm³/mol. The summed E-state index contributed by atoms with van der Waals surface area (Å²) in [5.41, 5.74) is 0. The third-order valence-corrected chi connectivity index (χ3v) is 2.93. The average Bonchev–Trinajstić information content (AvgIpc) is 1.83. The summed E-state index contributed by atoms with van der Waals surface area (Å²) in [5, 5.41) is 0. The summed E-state index contributed by atoms with van der Waals surface area (Å²) in [7, 11) is -3.34. The van der Waals surface area contributed by atoms with Crippen LogP contribution < -0.4 is 4.72 Å². The zero-order valence-electron chi connectivity index (χ0n) is 7.07. The van der Waals surface area contributed by atoms with Crippen LogP contribution in [0.5, 0.6) is 0 Å². The number of hydrogen-bond acceptors (Lipinski definition) is 3. The number of hydrogen-bond donors (Lipinski definition) is 1. The lowest BCUT2D eigenvalue weighted by molar-refractivity contribution is 0.189. The molecule has 0 aromatic carbocycles. The van der Waals surface area contributed by atoms with Crippen molar-refractivity contribution in [2.45, 2.75) is 19.9 Å². The molecule has 0 unspecified atom stereocenters. The van der Waals surface area contributed by atoms with Crippen LogP contribution in [-0.2, 0) is 10.0 Å². The van der Waals surface area contributed by atoms with E-state index >= 15 is 0 Å². The molecule has 0 saturated carbocycles. The molecule has 1 saturated heterocycles. The topological polar surface area (TPSA) is 66.5 Å². The van der Waals surface area contributed by atoms with Gasteiger partial charge in [0.2, 0.25) is 10.0 Å². The quantitative estimate of drug-likeness (QED) is 0.623. The second-order valence-corrected chi connectivity index (χ2v) is 4.86. The Morgan fingerprint density at radius 1 is 1.50 bits per heavy atom. The molecule has 0 aromatic heterocycles.